The van der Waals surface area contributed by atoms with Gasteiger partial charge in [0.05, 0.1) is 23.4 Å². The molecule has 0 spiro atoms. The van der Waals surface area contributed by atoms with E-state index in [1.165, 1.54) is 0 Å². The van der Waals surface area contributed by atoms with E-state index in [1.807, 2.05) is 29.7 Å². The van der Waals surface area contributed by atoms with Crippen molar-refractivity contribution in [3.8, 4) is 0 Å². The summed E-state index contributed by atoms with van der Waals surface area (Å²) in [6.45, 7) is 1.90. The summed E-state index contributed by atoms with van der Waals surface area (Å²) in [6.07, 6.45) is 3.66. The summed E-state index contributed by atoms with van der Waals surface area (Å²) in [7, 11) is 0. The number of imidazole rings is 1. The van der Waals surface area contributed by atoms with Crippen LogP contribution in [0, 0.1) is 0 Å². The predicted octanol–water partition coefficient (Wildman–Crippen LogP) is 0.936. The molecule has 4 N–H and O–H groups in total. The molecule has 13 heavy (non-hydrogen) atoms. The van der Waals surface area contributed by atoms with Gasteiger partial charge >= 0.3 is 0 Å². The minimum Gasteiger partial charge on any atom is -0.397 e. The van der Waals surface area contributed by atoms with E-state index in [2.05, 4.69) is 4.98 Å². The number of hydrogen-bond donors (Lipinski definition) is 2. The molecule has 2 aromatic rings. The van der Waals surface area contributed by atoms with Gasteiger partial charge in [-0.3, -0.25) is 0 Å². The monoisotopic (exact) mass is 176 g/mol. The summed E-state index contributed by atoms with van der Waals surface area (Å²) in [5, 5.41) is 0. The van der Waals surface area contributed by atoms with Crippen LogP contribution in [0.4, 0.5) is 5.69 Å². The summed E-state index contributed by atoms with van der Waals surface area (Å²) < 4.78 is 1.92. The number of nitrogens with two attached hydrogens (primary N) is 2. The predicted molar refractivity (Wildman–Crippen MR) is 52.2 cm³/mol. The van der Waals surface area contributed by atoms with Gasteiger partial charge < -0.3 is 15.9 Å². The molecule has 0 fully saturated rings. The lowest BCUT2D eigenvalue weighted by molar-refractivity contribution is 0.736. The van der Waals surface area contributed by atoms with Gasteiger partial charge in [-0.25, -0.2) is 4.98 Å². The SMILES string of the molecule is CC(N)c1ncc2c(N)cccn12. The third-order valence-corrected chi connectivity index (χ3v) is 2.04. The van der Waals surface area contributed by atoms with Crippen LogP contribution in [-0.4, -0.2) is 9.38 Å². The molecule has 0 aromatic carbocycles. The van der Waals surface area contributed by atoms with E-state index in [9.17, 15) is 0 Å². The Balaban J connectivity index is 2.75. The smallest absolute Gasteiger partial charge is 0.129 e. The molecule has 0 amide bonds. The quantitative estimate of drug-likeness (QED) is 0.679. The first-order valence-corrected chi connectivity index (χ1v) is 4.17. The van der Waals surface area contributed by atoms with E-state index in [1.54, 1.807) is 6.20 Å². The molecule has 1 atom stereocenters. The molecule has 0 saturated heterocycles. The molecule has 2 aromatic heterocycles. The number of pyridine rings is 1. The van der Waals surface area contributed by atoms with Crippen LogP contribution in [0.3, 0.4) is 0 Å². The molecule has 68 valence electrons. The van der Waals surface area contributed by atoms with Gasteiger partial charge in [0.25, 0.3) is 0 Å². The second-order valence-electron chi connectivity index (χ2n) is 3.12. The number of anilines is 1. The highest BCUT2D eigenvalue weighted by Gasteiger charge is 2.08. The van der Waals surface area contributed by atoms with Gasteiger partial charge in [-0.1, -0.05) is 0 Å². The minimum atomic E-state index is -0.0794. The zero-order valence-corrected chi connectivity index (χ0v) is 7.44. The highest BCUT2D eigenvalue weighted by Crippen LogP contribution is 2.16. The third-order valence-electron chi connectivity index (χ3n) is 2.04. The molecular weight excluding hydrogens is 164 g/mol. The van der Waals surface area contributed by atoms with Crippen LogP contribution in [0.15, 0.2) is 24.5 Å². The number of rotatable bonds is 1. The molecule has 0 radical (unpaired) electrons. The van der Waals surface area contributed by atoms with Crippen molar-refractivity contribution < 1.29 is 0 Å². The zero-order chi connectivity index (χ0) is 9.42. The van der Waals surface area contributed by atoms with E-state index in [0.29, 0.717) is 0 Å². The van der Waals surface area contributed by atoms with Gasteiger partial charge in [0.1, 0.15) is 5.82 Å². The summed E-state index contributed by atoms with van der Waals surface area (Å²) in [5.41, 5.74) is 13.2. The van der Waals surface area contributed by atoms with Gasteiger partial charge in [0.15, 0.2) is 0 Å². The maximum atomic E-state index is 5.77. The Morgan fingerprint density at radius 2 is 2.31 bits per heavy atom. The molecule has 1 unspecified atom stereocenters. The second-order valence-corrected chi connectivity index (χ2v) is 3.12. The summed E-state index contributed by atoms with van der Waals surface area (Å²) >= 11 is 0. The fraction of sp³-hybridized carbons (Fsp3) is 0.222. The van der Waals surface area contributed by atoms with E-state index in [-0.39, 0.29) is 6.04 Å². The van der Waals surface area contributed by atoms with Crippen molar-refractivity contribution in [2.45, 2.75) is 13.0 Å². The Morgan fingerprint density at radius 1 is 1.54 bits per heavy atom. The summed E-state index contributed by atoms with van der Waals surface area (Å²) in [4.78, 5) is 4.21. The van der Waals surface area contributed by atoms with Crippen LogP contribution in [0.5, 0.6) is 0 Å². The molecule has 2 rings (SSSR count). The number of nitrogens with zero attached hydrogens (tertiary/aromatic N) is 2. The van der Waals surface area contributed by atoms with Crippen molar-refractivity contribution in [3.05, 3.63) is 30.4 Å². The molecule has 0 aliphatic carbocycles. The molecule has 4 nitrogen and oxygen atoms in total. The first-order chi connectivity index (χ1) is 6.20. The van der Waals surface area contributed by atoms with Gasteiger partial charge in [-0.2, -0.15) is 0 Å². The van der Waals surface area contributed by atoms with Crippen LogP contribution in [0.1, 0.15) is 18.8 Å². The first kappa shape index (κ1) is 8.07. The van der Waals surface area contributed by atoms with Crippen LogP contribution in [-0.2, 0) is 0 Å². The lowest BCUT2D eigenvalue weighted by atomic mass is 10.3. The molecule has 0 aliphatic rings. The van der Waals surface area contributed by atoms with Crippen molar-refractivity contribution in [1.82, 2.24) is 9.38 Å². The number of hydrogen-bond acceptors (Lipinski definition) is 3. The highest BCUT2D eigenvalue weighted by atomic mass is 15.0. The Morgan fingerprint density at radius 3 is 3.00 bits per heavy atom. The van der Waals surface area contributed by atoms with Crippen LogP contribution in [0.25, 0.3) is 5.52 Å². The van der Waals surface area contributed by atoms with Crippen LogP contribution < -0.4 is 11.5 Å². The first-order valence-electron chi connectivity index (χ1n) is 4.17. The van der Waals surface area contributed by atoms with E-state index < -0.39 is 0 Å². The van der Waals surface area contributed by atoms with Crippen molar-refractivity contribution in [3.63, 3.8) is 0 Å². The fourth-order valence-electron chi connectivity index (χ4n) is 1.40. The van der Waals surface area contributed by atoms with Gasteiger partial charge in [-0.15, -0.1) is 0 Å². The highest BCUT2D eigenvalue weighted by molar-refractivity contribution is 5.68. The minimum absolute atomic E-state index is 0.0794. The number of nitrogen functional groups attached to an aromatic ring is 1. The zero-order valence-electron chi connectivity index (χ0n) is 7.44. The lowest BCUT2D eigenvalue weighted by Crippen LogP contribution is -2.09. The van der Waals surface area contributed by atoms with Gasteiger partial charge in [0.2, 0.25) is 0 Å². The Kier molecular flexibility index (Phi) is 1.70. The topological polar surface area (TPSA) is 69.3 Å². The Hall–Kier alpha value is -1.55. The maximum absolute atomic E-state index is 5.77. The summed E-state index contributed by atoms with van der Waals surface area (Å²) in [6, 6.07) is 3.65. The average molecular weight is 176 g/mol. The number of fused-ring (bicyclic) bond motifs is 1. The Bertz CT molecular complexity index is 430. The molecule has 2 heterocycles. The lowest BCUT2D eigenvalue weighted by Gasteiger charge is -2.04. The van der Waals surface area contributed by atoms with Crippen molar-refractivity contribution in [2.75, 3.05) is 5.73 Å². The molecule has 0 bridgehead atoms. The standard InChI is InChI=1S/C9H12N4/c1-6(10)9-12-5-8-7(11)3-2-4-13(8)9/h2-6H,10-11H2,1H3. The van der Waals surface area contributed by atoms with Crippen LogP contribution in [0.2, 0.25) is 0 Å². The third kappa shape index (κ3) is 1.15. The van der Waals surface area contributed by atoms with E-state index >= 15 is 0 Å². The van der Waals surface area contributed by atoms with E-state index in [4.69, 9.17) is 11.5 Å². The number of aromatic nitrogens is 2. The summed E-state index contributed by atoms with van der Waals surface area (Å²) in [5.74, 6) is 0.835. The maximum Gasteiger partial charge on any atom is 0.129 e. The largest absolute Gasteiger partial charge is 0.397 e. The molecule has 0 aliphatic heterocycles. The van der Waals surface area contributed by atoms with Crippen molar-refractivity contribution in [2.24, 2.45) is 5.73 Å². The van der Waals surface area contributed by atoms with E-state index in [0.717, 1.165) is 17.0 Å². The normalized spacial score (nSPS) is 13.4. The molecule has 0 saturated carbocycles. The van der Waals surface area contributed by atoms with Crippen LogP contribution >= 0.6 is 0 Å². The van der Waals surface area contributed by atoms with Crippen molar-refractivity contribution >= 4 is 11.2 Å². The second kappa shape index (κ2) is 2.74. The van der Waals surface area contributed by atoms with Gasteiger partial charge in [-0.05, 0) is 19.1 Å². The van der Waals surface area contributed by atoms with Gasteiger partial charge in [0, 0.05) is 6.20 Å². The average Bonchev–Trinajstić information content (AvgIpc) is 2.48. The molecular formula is C9H12N4. The Labute approximate surface area is 76.2 Å². The molecule has 4 heteroatoms. The van der Waals surface area contributed by atoms with Crippen molar-refractivity contribution in [1.29, 1.82) is 0 Å². The fourth-order valence-corrected chi connectivity index (χ4v) is 1.40.